The fourth-order valence-corrected chi connectivity index (χ4v) is 2.46. The van der Waals surface area contributed by atoms with Crippen LogP contribution in [0.25, 0.3) is 16.7 Å². The van der Waals surface area contributed by atoms with Crippen molar-refractivity contribution in [2.45, 2.75) is 13.3 Å². The Bertz CT molecular complexity index is 791. The van der Waals surface area contributed by atoms with Crippen LogP contribution in [0.3, 0.4) is 0 Å². The van der Waals surface area contributed by atoms with Crippen LogP contribution in [0.5, 0.6) is 0 Å². The second-order valence-corrected chi connectivity index (χ2v) is 4.92. The van der Waals surface area contributed by atoms with E-state index in [2.05, 4.69) is 16.9 Å². The van der Waals surface area contributed by atoms with Crippen molar-refractivity contribution in [3.8, 4) is 5.82 Å². The van der Waals surface area contributed by atoms with Crippen molar-refractivity contribution in [1.29, 1.82) is 0 Å². The fourth-order valence-electron chi connectivity index (χ4n) is 2.29. The lowest BCUT2D eigenvalue weighted by molar-refractivity contribution is 0.872. The van der Waals surface area contributed by atoms with Crippen LogP contribution in [0.15, 0.2) is 42.7 Å². The van der Waals surface area contributed by atoms with Crippen molar-refractivity contribution in [2.75, 3.05) is 0 Å². The summed E-state index contributed by atoms with van der Waals surface area (Å²) in [6.45, 7) is 2.06. The number of benzene rings is 1. The Morgan fingerprint density at radius 1 is 1.35 bits per heavy atom. The summed E-state index contributed by atoms with van der Waals surface area (Å²) in [5, 5.41) is 0.974. The number of hydrogen-bond acceptors (Lipinski definition) is 3. The molecule has 0 fully saturated rings. The second kappa shape index (κ2) is 5.02. The van der Waals surface area contributed by atoms with Crippen molar-refractivity contribution < 1.29 is 0 Å². The number of pyridine rings is 1. The maximum absolute atomic E-state index is 5.85. The van der Waals surface area contributed by atoms with Gasteiger partial charge in [0.25, 0.3) is 0 Å². The van der Waals surface area contributed by atoms with Crippen molar-refractivity contribution in [1.82, 2.24) is 14.5 Å². The van der Waals surface area contributed by atoms with Crippen LogP contribution in [0.4, 0.5) is 0 Å². The molecule has 0 amide bonds. The molecular weight excluding hydrogens is 268 g/mol. The van der Waals surface area contributed by atoms with E-state index >= 15 is 0 Å². The summed E-state index contributed by atoms with van der Waals surface area (Å²) in [6, 6.07) is 9.78. The van der Waals surface area contributed by atoms with Crippen molar-refractivity contribution in [3.63, 3.8) is 0 Å². The molecule has 0 spiro atoms. The number of fused-ring (bicyclic) bond motifs is 1. The summed E-state index contributed by atoms with van der Waals surface area (Å²) in [7, 11) is 0. The Morgan fingerprint density at radius 3 is 2.90 bits per heavy atom. The van der Waals surface area contributed by atoms with E-state index in [4.69, 9.17) is 18.0 Å². The van der Waals surface area contributed by atoms with Gasteiger partial charge in [-0.25, -0.2) is 9.97 Å². The molecule has 0 bridgehead atoms. The van der Waals surface area contributed by atoms with Gasteiger partial charge >= 0.3 is 0 Å². The number of rotatable bonds is 3. The molecule has 0 unspecified atom stereocenters. The minimum atomic E-state index is 0.378. The molecule has 2 N–H and O–H groups in total. The zero-order valence-electron chi connectivity index (χ0n) is 11.1. The van der Waals surface area contributed by atoms with E-state index in [9.17, 15) is 0 Å². The van der Waals surface area contributed by atoms with Crippen molar-refractivity contribution in [2.24, 2.45) is 5.73 Å². The highest BCUT2D eigenvalue weighted by molar-refractivity contribution is 7.80. The maximum atomic E-state index is 5.85. The summed E-state index contributed by atoms with van der Waals surface area (Å²) in [5.74, 6) is 1.75. The Morgan fingerprint density at radius 2 is 2.15 bits per heavy atom. The summed E-state index contributed by atoms with van der Waals surface area (Å²) < 4.78 is 1.97. The predicted molar refractivity (Wildman–Crippen MR) is 84.1 cm³/mol. The molecule has 0 saturated heterocycles. The number of para-hydroxylation sites is 1. The average Bonchev–Trinajstić information content (AvgIpc) is 2.94. The van der Waals surface area contributed by atoms with Crippen LogP contribution in [-0.2, 0) is 6.42 Å². The van der Waals surface area contributed by atoms with Gasteiger partial charge in [0.2, 0.25) is 0 Å². The second-order valence-electron chi connectivity index (χ2n) is 4.48. The van der Waals surface area contributed by atoms with Crippen LogP contribution >= 0.6 is 12.2 Å². The summed E-state index contributed by atoms with van der Waals surface area (Å²) in [6.07, 6.45) is 4.51. The quantitative estimate of drug-likeness (QED) is 0.750. The zero-order valence-corrected chi connectivity index (χ0v) is 11.9. The van der Waals surface area contributed by atoms with E-state index in [-0.39, 0.29) is 0 Å². The molecule has 0 radical (unpaired) electrons. The Kier molecular flexibility index (Phi) is 3.20. The molecular formula is C15H14N4S. The number of nitrogens with two attached hydrogens (primary N) is 1. The molecule has 2 heterocycles. The number of thiocarbonyl (C=S) groups is 1. The highest BCUT2D eigenvalue weighted by atomic mass is 32.1. The van der Waals surface area contributed by atoms with Crippen LogP contribution in [0.2, 0.25) is 0 Å². The van der Waals surface area contributed by atoms with E-state index in [0.717, 1.165) is 34.5 Å². The van der Waals surface area contributed by atoms with E-state index in [1.807, 2.05) is 41.1 Å². The van der Waals surface area contributed by atoms with E-state index in [0.29, 0.717) is 4.99 Å². The molecule has 4 nitrogen and oxygen atoms in total. The van der Waals surface area contributed by atoms with Gasteiger partial charge in [-0.3, -0.25) is 4.57 Å². The van der Waals surface area contributed by atoms with Crippen molar-refractivity contribution in [3.05, 3.63) is 54.1 Å². The third-order valence-electron chi connectivity index (χ3n) is 3.25. The SMILES string of the molecule is CCc1nccn1-c1cc(C(N)=S)c2ccccc2n1. The fraction of sp³-hybridized carbons (Fsp3) is 0.133. The number of nitrogens with zero attached hydrogens (tertiary/aromatic N) is 3. The molecule has 0 atom stereocenters. The van der Waals surface area contributed by atoms with Gasteiger partial charge in [0.15, 0.2) is 0 Å². The topological polar surface area (TPSA) is 56.7 Å². The highest BCUT2D eigenvalue weighted by Gasteiger charge is 2.10. The first-order chi connectivity index (χ1) is 9.70. The number of imidazole rings is 1. The first-order valence-corrected chi connectivity index (χ1v) is 6.83. The molecule has 1 aromatic carbocycles. The molecule has 20 heavy (non-hydrogen) atoms. The van der Waals surface area contributed by atoms with Gasteiger partial charge in [0, 0.05) is 29.8 Å². The molecule has 0 aliphatic carbocycles. The lowest BCUT2D eigenvalue weighted by Crippen LogP contribution is -2.12. The van der Waals surface area contributed by atoms with Crippen LogP contribution < -0.4 is 5.73 Å². The smallest absolute Gasteiger partial charge is 0.139 e. The molecule has 0 saturated carbocycles. The molecule has 5 heteroatoms. The Balaban J connectivity index is 2.30. The average molecular weight is 282 g/mol. The van der Waals surface area contributed by atoms with Crippen molar-refractivity contribution >= 4 is 28.1 Å². The minimum Gasteiger partial charge on any atom is -0.389 e. The predicted octanol–water partition coefficient (Wildman–Crippen LogP) is 2.62. The lowest BCUT2D eigenvalue weighted by atomic mass is 10.1. The first kappa shape index (κ1) is 12.7. The molecule has 3 aromatic rings. The minimum absolute atomic E-state index is 0.378. The number of aryl methyl sites for hydroxylation is 1. The summed E-state index contributed by atoms with van der Waals surface area (Å²) in [4.78, 5) is 9.38. The normalized spacial score (nSPS) is 10.8. The lowest BCUT2D eigenvalue weighted by Gasteiger charge is -2.10. The van der Waals surface area contributed by atoms with E-state index < -0.39 is 0 Å². The number of aromatic nitrogens is 3. The van der Waals surface area contributed by atoms with E-state index in [1.54, 1.807) is 6.20 Å². The molecule has 0 aliphatic heterocycles. The van der Waals surface area contributed by atoms with Gasteiger partial charge in [0.1, 0.15) is 16.6 Å². The van der Waals surface area contributed by atoms with Gasteiger partial charge in [-0.15, -0.1) is 0 Å². The van der Waals surface area contributed by atoms with Crippen LogP contribution in [0, 0.1) is 0 Å². The monoisotopic (exact) mass is 282 g/mol. The Hall–Kier alpha value is -2.27. The highest BCUT2D eigenvalue weighted by Crippen LogP contribution is 2.21. The molecule has 100 valence electrons. The summed E-state index contributed by atoms with van der Waals surface area (Å²) in [5.41, 5.74) is 7.57. The molecule has 2 aromatic heterocycles. The van der Waals surface area contributed by atoms with Gasteiger partial charge in [-0.2, -0.15) is 0 Å². The van der Waals surface area contributed by atoms with E-state index in [1.165, 1.54) is 0 Å². The Labute approximate surface area is 122 Å². The van der Waals surface area contributed by atoms with Crippen LogP contribution in [-0.4, -0.2) is 19.5 Å². The zero-order chi connectivity index (χ0) is 14.1. The molecule has 3 rings (SSSR count). The third-order valence-corrected chi connectivity index (χ3v) is 3.47. The van der Waals surface area contributed by atoms with Crippen LogP contribution in [0.1, 0.15) is 18.3 Å². The van der Waals surface area contributed by atoms with Gasteiger partial charge in [-0.05, 0) is 12.1 Å². The first-order valence-electron chi connectivity index (χ1n) is 6.43. The summed E-state index contributed by atoms with van der Waals surface area (Å²) >= 11 is 5.16. The largest absolute Gasteiger partial charge is 0.389 e. The van der Waals surface area contributed by atoms with Gasteiger partial charge in [-0.1, -0.05) is 37.3 Å². The maximum Gasteiger partial charge on any atom is 0.139 e. The molecule has 0 aliphatic rings. The van der Waals surface area contributed by atoms with Gasteiger partial charge in [0.05, 0.1) is 5.52 Å². The van der Waals surface area contributed by atoms with Gasteiger partial charge < -0.3 is 5.73 Å². The third kappa shape index (κ3) is 2.06. The number of hydrogen-bond donors (Lipinski definition) is 1. The standard InChI is InChI=1S/C15H14N4S/c1-2-13-17-7-8-19(13)14-9-11(15(16)20)10-5-3-4-6-12(10)18-14/h3-9H,2H2,1H3,(H2,16,20).